The second-order valence-electron chi connectivity index (χ2n) is 9.38. The van der Waals surface area contributed by atoms with Crippen molar-refractivity contribution in [2.45, 2.75) is 64.7 Å². The Bertz CT molecular complexity index is 836. The van der Waals surface area contributed by atoms with Crippen molar-refractivity contribution in [3.05, 3.63) is 48.2 Å². The van der Waals surface area contributed by atoms with Crippen LogP contribution in [-0.2, 0) is 6.54 Å². The van der Waals surface area contributed by atoms with Crippen LogP contribution in [-0.4, -0.2) is 39.7 Å². The summed E-state index contributed by atoms with van der Waals surface area (Å²) in [5.74, 6) is 0.724. The minimum Gasteiger partial charge on any atom is -0.487 e. The van der Waals surface area contributed by atoms with E-state index in [1.807, 2.05) is 26.8 Å². The van der Waals surface area contributed by atoms with Crippen LogP contribution in [0.4, 0.5) is 4.39 Å². The molecular formula is C23H30FN3O2. The minimum atomic E-state index is -0.296. The van der Waals surface area contributed by atoms with Crippen molar-refractivity contribution < 1.29 is 13.9 Å². The summed E-state index contributed by atoms with van der Waals surface area (Å²) < 4.78 is 25.6. The number of piperidine rings is 1. The lowest BCUT2D eigenvalue weighted by molar-refractivity contribution is -0.0579. The highest BCUT2D eigenvalue weighted by molar-refractivity contribution is 5.24. The lowest BCUT2D eigenvalue weighted by Gasteiger charge is -2.51. The average Bonchev–Trinajstić information content (AvgIpc) is 2.64. The van der Waals surface area contributed by atoms with Crippen LogP contribution in [0.15, 0.2) is 36.7 Å². The van der Waals surface area contributed by atoms with Crippen molar-refractivity contribution in [3.63, 3.8) is 0 Å². The van der Waals surface area contributed by atoms with Crippen LogP contribution in [0.3, 0.4) is 0 Å². The number of likely N-dealkylation sites (tertiary alicyclic amines) is 1. The number of benzene rings is 1. The quantitative estimate of drug-likeness (QED) is 0.734. The van der Waals surface area contributed by atoms with Crippen LogP contribution in [0, 0.1) is 11.2 Å². The van der Waals surface area contributed by atoms with Gasteiger partial charge in [-0.1, -0.05) is 12.1 Å². The fourth-order valence-electron chi connectivity index (χ4n) is 4.35. The molecule has 0 atom stereocenters. The Kier molecular flexibility index (Phi) is 5.47. The zero-order chi connectivity index (χ0) is 20.5. The Labute approximate surface area is 172 Å². The average molecular weight is 400 g/mol. The van der Waals surface area contributed by atoms with Crippen LogP contribution in [0.2, 0.25) is 0 Å². The highest BCUT2D eigenvalue weighted by Crippen LogP contribution is 2.50. The number of aromatic nitrogens is 2. The summed E-state index contributed by atoms with van der Waals surface area (Å²) in [4.78, 5) is 11.3. The molecule has 1 aromatic carbocycles. The Morgan fingerprint density at radius 1 is 1.10 bits per heavy atom. The molecule has 2 fully saturated rings. The molecule has 1 saturated heterocycles. The number of rotatable bonds is 5. The summed E-state index contributed by atoms with van der Waals surface area (Å²) in [6.45, 7) is 8.87. The number of para-hydroxylation sites is 1. The van der Waals surface area contributed by atoms with Gasteiger partial charge in [-0.15, -0.1) is 0 Å². The minimum absolute atomic E-state index is 0.130. The van der Waals surface area contributed by atoms with Crippen molar-refractivity contribution in [2.75, 3.05) is 13.1 Å². The third kappa shape index (κ3) is 4.86. The molecular weight excluding hydrogens is 369 g/mol. The maximum atomic E-state index is 13.8. The van der Waals surface area contributed by atoms with Crippen LogP contribution in [0.1, 0.15) is 52.1 Å². The number of hydrogen-bond acceptors (Lipinski definition) is 5. The maximum Gasteiger partial charge on any atom is 0.237 e. The summed E-state index contributed by atoms with van der Waals surface area (Å²) in [6.07, 6.45) is 7.84. The van der Waals surface area contributed by atoms with Gasteiger partial charge in [-0.05, 0) is 77.1 Å². The predicted molar refractivity (Wildman–Crippen MR) is 109 cm³/mol. The molecule has 4 rings (SSSR count). The largest absolute Gasteiger partial charge is 0.487 e. The van der Waals surface area contributed by atoms with Gasteiger partial charge in [0.05, 0.1) is 6.10 Å². The van der Waals surface area contributed by atoms with Crippen molar-refractivity contribution in [2.24, 2.45) is 5.41 Å². The Morgan fingerprint density at radius 2 is 1.79 bits per heavy atom. The van der Waals surface area contributed by atoms with Crippen molar-refractivity contribution in [3.8, 4) is 11.6 Å². The van der Waals surface area contributed by atoms with Crippen LogP contribution in [0.5, 0.6) is 11.6 Å². The molecule has 1 saturated carbocycles. The second kappa shape index (κ2) is 7.90. The fourth-order valence-corrected chi connectivity index (χ4v) is 4.35. The molecule has 0 unspecified atom stereocenters. The van der Waals surface area contributed by atoms with Gasteiger partial charge in [0, 0.05) is 18.9 Å². The van der Waals surface area contributed by atoms with E-state index in [0.717, 1.165) is 51.0 Å². The van der Waals surface area contributed by atoms with Gasteiger partial charge >= 0.3 is 0 Å². The van der Waals surface area contributed by atoms with E-state index >= 15 is 0 Å². The summed E-state index contributed by atoms with van der Waals surface area (Å²) in [7, 11) is 0. The second-order valence-corrected chi connectivity index (χ2v) is 9.38. The van der Waals surface area contributed by atoms with Gasteiger partial charge in [-0.25, -0.2) is 9.37 Å². The number of ether oxygens (including phenoxy) is 2. The molecule has 5 nitrogen and oxygen atoms in total. The van der Waals surface area contributed by atoms with Gasteiger partial charge in [0.25, 0.3) is 0 Å². The Morgan fingerprint density at radius 3 is 2.48 bits per heavy atom. The molecule has 29 heavy (non-hydrogen) atoms. The highest BCUT2D eigenvalue weighted by Gasteiger charge is 2.47. The van der Waals surface area contributed by atoms with E-state index in [-0.39, 0.29) is 17.5 Å². The third-order valence-electron chi connectivity index (χ3n) is 5.88. The predicted octanol–water partition coefficient (Wildman–Crippen LogP) is 4.62. The molecule has 156 valence electrons. The lowest BCUT2D eigenvalue weighted by Crippen LogP contribution is -2.50. The molecule has 0 radical (unpaired) electrons. The first-order chi connectivity index (χ1) is 13.8. The molecule has 0 bridgehead atoms. The van der Waals surface area contributed by atoms with Gasteiger partial charge in [0.2, 0.25) is 5.88 Å². The monoisotopic (exact) mass is 399 g/mol. The number of halogens is 1. The lowest BCUT2D eigenvalue weighted by atomic mass is 9.61. The number of nitrogens with zero attached hydrogens (tertiary/aromatic N) is 3. The smallest absolute Gasteiger partial charge is 0.237 e. The first-order valence-corrected chi connectivity index (χ1v) is 10.4. The Balaban J connectivity index is 1.28. The standard InChI is InChI=1S/C23H30FN3O2/c1-22(2,3)29-21-19(25-10-11-26-21)16-27-12-8-23(9-13-27)14-17(15-23)28-20-7-5-4-6-18(20)24/h4-7,10-11,17H,8-9,12-16H2,1-3H3. The zero-order valence-electron chi connectivity index (χ0n) is 17.5. The molecule has 6 heteroatoms. The summed E-state index contributed by atoms with van der Waals surface area (Å²) >= 11 is 0. The fraction of sp³-hybridized carbons (Fsp3) is 0.565. The van der Waals surface area contributed by atoms with E-state index in [1.54, 1.807) is 24.5 Å². The van der Waals surface area contributed by atoms with Crippen LogP contribution < -0.4 is 9.47 Å². The number of hydrogen-bond donors (Lipinski definition) is 0. The topological polar surface area (TPSA) is 47.5 Å². The molecule has 2 aliphatic rings. The van der Waals surface area contributed by atoms with Crippen molar-refractivity contribution in [1.82, 2.24) is 14.9 Å². The molecule has 1 aromatic heterocycles. The molecule has 1 spiro atoms. The summed E-state index contributed by atoms with van der Waals surface area (Å²) in [5.41, 5.74) is 0.947. The molecule has 0 amide bonds. The molecule has 0 N–H and O–H groups in total. The van der Waals surface area contributed by atoms with Gasteiger partial charge < -0.3 is 9.47 Å². The van der Waals surface area contributed by atoms with Gasteiger partial charge in [0.15, 0.2) is 11.6 Å². The summed E-state index contributed by atoms with van der Waals surface area (Å²) in [5, 5.41) is 0. The van der Waals surface area contributed by atoms with Crippen molar-refractivity contribution in [1.29, 1.82) is 0 Å². The van der Waals surface area contributed by atoms with Gasteiger partial charge in [-0.3, -0.25) is 9.88 Å². The van der Waals surface area contributed by atoms with E-state index in [1.165, 1.54) is 6.07 Å². The van der Waals surface area contributed by atoms with Gasteiger partial charge in [0.1, 0.15) is 11.3 Å². The van der Waals surface area contributed by atoms with E-state index < -0.39 is 0 Å². The van der Waals surface area contributed by atoms with E-state index in [9.17, 15) is 4.39 Å². The molecule has 2 aromatic rings. The molecule has 1 aliphatic heterocycles. The first kappa shape index (κ1) is 20.1. The maximum absolute atomic E-state index is 13.8. The zero-order valence-corrected chi connectivity index (χ0v) is 17.5. The molecule has 1 aliphatic carbocycles. The van der Waals surface area contributed by atoms with Crippen molar-refractivity contribution >= 4 is 0 Å². The van der Waals surface area contributed by atoms with Crippen LogP contribution in [0.25, 0.3) is 0 Å². The Hall–Kier alpha value is -2.21. The normalized spacial score (nSPS) is 19.7. The SMILES string of the molecule is CC(C)(C)Oc1nccnc1CN1CCC2(CC1)CC(Oc1ccccc1F)C2. The van der Waals surface area contributed by atoms with Crippen LogP contribution >= 0.6 is 0 Å². The highest BCUT2D eigenvalue weighted by atomic mass is 19.1. The molecule has 2 heterocycles. The summed E-state index contributed by atoms with van der Waals surface area (Å²) in [6, 6.07) is 6.66. The van der Waals surface area contributed by atoms with E-state index in [2.05, 4.69) is 14.9 Å². The first-order valence-electron chi connectivity index (χ1n) is 10.4. The van der Waals surface area contributed by atoms with E-state index in [0.29, 0.717) is 17.0 Å². The van der Waals surface area contributed by atoms with E-state index in [4.69, 9.17) is 9.47 Å². The third-order valence-corrected chi connectivity index (χ3v) is 5.88. The van der Waals surface area contributed by atoms with Gasteiger partial charge in [-0.2, -0.15) is 0 Å².